The molecule has 1 aliphatic heterocycles. The van der Waals surface area contributed by atoms with Gasteiger partial charge in [-0.2, -0.15) is 0 Å². The number of ether oxygens (including phenoxy) is 1. The molecule has 0 amide bonds. The van der Waals surface area contributed by atoms with Crippen molar-refractivity contribution in [1.29, 1.82) is 0 Å². The van der Waals surface area contributed by atoms with Crippen molar-refractivity contribution in [3.63, 3.8) is 0 Å². The Morgan fingerprint density at radius 2 is 2.00 bits per heavy atom. The van der Waals surface area contributed by atoms with E-state index in [4.69, 9.17) is 27.9 Å². The van der Waals surface area contributed by atoms with Gasteiger partial charge in [-0.05, 0) is 18.1 Å². The Bertz CT molecular complexity index is 421. The maximum Gasteiger partial charge on any atom is 0.0968 e. The zero-order valence-electron chi connectivity index (χ0n) is 11.5. The van der Waals surface area contributed by atoms with Crippen LogP contribution in [0.25, 0.3) is 0 Å². The maximum absolute atomic E-state index is 6.27. The van der Waals surface area contributed by atoms with Crippen molar-refractivity contribution < 1.29 is 4.74 Å². The molecule has 0 bridgehead atoms. The van der Waals surface area contributed by atoms with Gasteiger partial charge in [0.2, 0.25) is 0 Å². The van der Waals surface area contributed by atoms with Crippen LogP contribution in [0.3, 0.4) is 0 Å². The summed E-state index contributed by atoms with van der Waals surface area (Å²) >= 11 is 12.2. The van der Waals surface area contributed by atoms with Crippen LogP contribution in [0, 0.1) is 5.92 Å². The second-order valence-electron chi connectivity index (χ2n) is 5.06. The molecule has 1 aromatic carbocycles. The van der Waals surface area contributed by atoms with Crippen LogP contribution >= 0.6 is 23.2 Å². The summed E-state index contributed by atoms with van der Waals surface area (Å²) in [6.45, 7) is 6.17. The highest BCUT2D eigenvalue weighted by molar-refractivity contribution is 6.35. The molecule has 2 rings (SSSR count). The molecule has 106 valence electrons. The van der Waals surface area contributed by atoms with E-state index in [0.717, 1.165) is 31.5 Å². The van der Waals surface area contributed by atoms with Gasteiger partial charge in [-0.25, -0.2) is 0 Å². The quantitative estimate of drug-likeness (QED) is 0.886. The van der Waals surface area contributed by atoms with Crippen LogP contribution in [0.4, 0.5) is 0 Å². The average Bonchev–Trinajstić information content (AvgIpc) is 2.40. The first-order valence-corrected chi connectivity index (χ1v) is 7.72. The van der Waals surface area contributed by atoms with Crippen LogP contribution in [-0.2, 0) is 4.74 Å². The van der Waals surface area contributed by atoms with Crippen molar-refractivity contribution in [2.24, 2.45) is 5.92 Å². The van der Waals surface area contributed by atoms with E-state index in [0.29, 0.717) is 16.0 Å². The van der Waals surface area contributed by atoms with Crippen molar-refractivity contribution >= 4 is 23.2 Å². The molecule has 4 heteroatoms. The van der Waals surface area contributed by atoms with Gasteiger partial charge in [-0.1, -0.05) is 56.0 Å². The minimum Gasteiger partial charge on any atom is -0.367 e. The van der Waals surface area contributed by atoms with Gasteiger partial charge in [0, 0.05) is 28.7 Å². The molecule has 0 radical (unpaired) electrons. The number of morpholine rings is 1. The predicted molar refractivity (Wildman–Crippen MR) is 81.0 cm³/mol. The van der Waals surface area contributed by atoms with Gasteiger partial charge < -0.3 is 10.1 Å². The highest BCUT2D eigenvalue weighted by Gasteiger charge is 2.28. The summed E-state index contributed by atoms with van der Waals surface area (Å²) in [7, 11) is 0. The molecule has 0 spiro atoms. The highest BCUT2D eigenvalue weighted by Crippen LogP contribution is 2.32. The van der Waals surface area contributed by atoms with Crippen LogP contribution in [0.2, 0.25) is 10.0 Å². The summed E-state index contributed by atoms with van der Waals surface area (Å²) in [6, 6.07) is 5.61. The van der Waals surface area contributed by atoms with E-state index in [9.17, 15) is 0 Å². The fourth-order valence-corrected chi connectivity index (χ4v) is 3.23. The molecule has 0 aromatic heterocycles. The van der Waals surface area contributed by atoms with Gasteiger partial charge in [0.1, 0.15) is 0 Å². The van der Waals surface area contributed by atoms with Crippen molar-refractivity contribution in [2.75, 3.05) is 13.1 Å². The highest BCUT2D eigenvalue weighted by atomic mass is 35.5. The molecule has 19 heavy (non-hydrogen) atoms. The summed E-state index contributed by atoms with van der Waals surface area (Å²) in [6.07, 6.45) is 2.57. The number of nitrogens with one attached hydrogen (secondary N) is 1. The smallest absolute Gasteiger partial charge is 0.0968 e. The van der Waals surface area contributed by atoms with Crippen molar-refractivity contribution in [3.05, 3.63) is 33.8 Å². The van der Waals surface area contributed by atoms with Crippen LogP contribution in [-0.4, -0.2) is 19.2 Å². The standard InChI is InChI=1S/C15H21Cl2NO/c1-3-10(4-2)14-8-18-9-15(19-14)12-6-5-11(16)7-13(12)17/h5-7,10,14-15,18H,3-4,8-9H2,1-2H3. The molecule has 1 saturated heterocycles. The van der Waals surface area contributed by atoms with Gasteiger partial charge in [0.15, 0.2) is 0 Å². The van der Waals surface area contributed by atoms with Gasteiger partial charge in [0.25, 0.3) is 0 Å². The minimum atomic E-state index is 0.0177. The van der Waals surface area contributed by atoms with Gasteiger partial charge in [-0.15, -0.1) is 0 Å². The first-order chi connectivity index (χ1) is 9.15. The number of hydrogen-bond donors (Lipinski definition) is 1. The second kappa shape index (κ2) is 6.94. The zero-order chi connectivity index (χ0) is 13.8. The number of benzene rings is 1. The summed E-state index contributed by atoms with van der Waals surface area (Å²) in [5.74, 6) is 0.598. The lowest BCUT2D eigenvalue weighted by atomic mass is 9.94. The monoisotopic (exact) mass is 301 g/mol. The summed E-state index contributed by atoms with van der Waals surface area (Å²) in [4.78, 5) is 0. The van der Waals surface area contributed by atoms with E-state index < -0.39 is 0 Å². The molecule has 0 aliphatic carbocycles. The molecule has 0 saturated carbocycles. The number of halogens is 2. The fourth-order valence-electron chi connectivity index (χ4n) is 2.70. The van der Waals surface area contributed by atoms with E-state index in [1.165, 1.54) is 0 Å². The molecular formula is C15H21Cl2NO. The van der Waals surface area contributed by atoms with Crippen molar-refractivity contribution in [2.45, 2.75) is 38.9 Å². The Kier molecular flexibility index (Phi) is 5.52. The lowest BCUT2D eigenvalue weighted by Gasteiger charge is -2.35. The molecule has 1 aliphatic rings. The normalized spacial score (nSPS) is 23.8. The lowest BCUT2D eigenvalue weighted by Crippen LogP contribution is -2.44. The molecule has 1 aromatic rings. The van der Waals surface area contributed by atoms with E-state index in [-0.39, 0.29) is 12.2 Å². The van der Waals surface area contributed by atoms with E-state index in [1.807, 2.05) is 12.1 Å². The van der Waals surface area contributed by atoms with Crippen LogP contribution in [0.15, 0.2) is 18.2 Å². The SMILES string of the molecule is CCC(CC)C1CNCC(c2ccc(Cl)cc2Cl)O1. The number of rotatable bonds is 4. The van der Waals surface area contributed by atoms with Crippen LogP contribution < -0.4 is 5.32 Å². The summed E-state index contributed by atoms with van der Waals surface area (Å²) in [5.41, 5.74) is 1.02. The largest absolute Gasteiger partial charge is 0.367 e. The van der Waals surface area contributed by atoms with Crippen LogP contribution in [0.5, 0.6) is 0 Å². The molecule has 2 unspecified atom stereocenters. The summed E-state index contributed by atoms with van der Waals surface area (Å²) in [5, 5.41) is 4.80. The molecule has 1 N–H and O–H groups in total. The molecule has 1 fully saturated rings. The average molecular weight is 302 g/mol. The fraction of sp³-hybridized carbons (Fsp3) is 0.600. The van der Waals surface area contributed by atoms with Crippen LogP contribution in [0.1, 0.15) is 38.4 Å². The maximum atomic E-state index is 6.27. The topological polar surface area (TPSA) is 21.3 Å². The third kappa shape index (κ3) is 3.63. The zero-order valence-corrected chi connectivity index (χ0v) is 13.0. The number of hydrogen-bond acceptors (Lipinski definition) is 2. The van der Waals surface area contributed by atoms with Crippen molar-refractivity contribution in [1.82, 2.24) is 5.32 Å². The first kappa shape index (κ1) is 15.1. The second-order valence-corrected chi connectivity index (χ2v) is 5.91. The van der Waals surface area contributed by atoms with E-state index in [1.54, 1.807) is 6.07 Å². The Morgan fingerprint density at radius 1 is 1.26 bits per heavy atom. The van der Waals surface area contributed by atoms with E-state index in [2.05, 4.69) is 19.2 Å². The molecular weight excluding hydrogens is 281 g/mol. The molecule has 1 heterocycles. The third-order valence-corrected chi connectivity index (χ3v) is 4.46. The first-order valence-electron chi connectivity index (χ1n) is 6.96. The Balaban J connectivity index is 2.12. The van der Waals surface area contributed by atoms with Gasteiger partial charge in [0.05, 0.1) is 12.2 Å². The predicted octanol–water partition coefficient (Wildman–Crippen LogP) is 4.46. The van der Waals surface area contributed by atoms with Gasteiger partial charge in [-0.3, -0.25) is 0 Å². The molecule has 2 nitrogen and oxygen atoms in total. The lowest BCUT2D eigenvalue weighted by molar-refractivity contribution is -0.0687. The Morgan fingerprint density at radius 3 is 2.63 bits per heavy atom. The minimum absolute atomic E-state index is 0.0177. The third-order valence-electron chi connectivity index (χ3n) is 3.90. The van der Waals surface area contributed by atoms with Crippen molar-refractivity contribution in [3.8, 4) is 0 Å². The molecule has 2 atom stereocenters. The summed E-state index contributed by atoms with van der Waals surface area (Å²) < 4.78 is 6.25. The van der Waals surface area contributed by atoms with Gasteiger partial charge >= 0.3 is 0 Å². The van der Waals surface area contributed by atoms with E-state index >= 15 is 0 Å². The Hall–Kier alpha value is -0.280. The Labute approximate surface area is 125 Å².